The van der Waals surface area contributed by atoms with E-state index in [-0.39, 0.29) is 12.2 Å². The van der Waals surface area contributed by atoms with Crippen LogP contribution in [0.4, 0.5) is 0 Å². The molecule has 1 aromatic rings. The Morgan fingerprint density at radius 1 is 1.58 bits per heavy atom. The fraction of sp³-hybridized carbons (Fsp3) is 0.692. The number of likely N-dealkylation sites (tertiary alicyclic amines) is 1. The number of hydrogen-bond acceptors (Lipinski definition) is 4. The molecule has 106 valence electrons. The van der Waals surface area contributed by atoms with Crippen LogP contribution in [0.15, 0.2) is 6.07 Å². The topological polar surface area (TPSA) is 67.6 Å². The van der Waals surface area contributed by atoms with Crippen molar-refractivity contribution >= 4 is 5.97 Å². The number of hydrogen-bond donors (Lipinski definition) is 1. The van der Waals surface area contributed by atoms with E-state index >= 15 is 0 Å². The summed E-state index contributed by atoms with van der Waals surface area (Å²) in [6.45, 7) is 9.01. The largest absolute Gasteiger partial charge is 0.480 e. The highest BCUT2D eigenvalue weighted by atomic mass is 16.5. The molecule has 0 aliphatic carbocycles. The number of aryl methyl sites for hydroxylation is 2. The molecule has 0 amide bonds. The van der Waals surface area contributed by atoms with Crippen molar-refractivity contribution in [1.29, 1.82) is 0 Å². The third kappa shape index (κ3) is 3.33. The van der Waals surface area contributed by atoms with Crippen LogP contribution in [0.3, 0.4) is 0 Å². The van der Waals surface area contributed by atoms with Crippen LogP contribution in [0.5, 0.6) is 0 Å². The van der Waals surface area contributed by atoms with Crippen molar-refractivity contribution in [2.75, 3.05) is 19.7 Å². The molecule has 0 spiro atoms. The van der Waals surface area contributed by atoms with Gasteiger partial charge in [0, 0.05) is 26.2 Å². The van der Waals surface area contributed by atoms with Crippen LogP contribution in [0.25, 0.3) is 0 Å². The van der Waals surface area contributed by atoms with Crippen LogP contribution in [0, 0.1) is 6.92 Å². The van der Waals surface area contributed by atoms with Crippen LogP contribution in [-0.4, -0.2) is 51.1 Å². The molecule has 6 heteroatoms. The molecular formula is C13H21N3O3. The second-order valence-corrected chi connectivity index (χ2v) is 5.37. The van der Waals surface area contributed by atoms with Crippen molar-refractivity contribution in [3.8, 4) is 0 Å². The van der Waals surface area contributed by atoms with Crippen molar-refractivity contribution in [2.24, 2.45) is 0 Å². The Morgan fingerprint density at radius 3 is 2.84 bits per heavy atom. The molecule has 1 aromatic heterocycles. The van der Waals surface area contributed by atoms with Gasteiger partial charge in [-0.2, -0.15) is 5.10 Å². The molecule has 1 saturated heterocycles. The predicted octanol–water partition coefficient (Wildman–Crippen LogP) is 0.887. The molecule has 2 rings (SSSR count). The summed E-state index contributed by atoms with van der Waals surface area (Å²) in [6.07, 6.45) is 0. The second-order valence-electron chi connectivity index (χ2n) is 5.37. The molecule has 1 aliphatic rings. The Balaban J connectivity index is 1.85. The maximum Gasteiger partial charge on any atom is 0.329 e. The van der Waals surface area contributed by atoms with E-state index in [1.807, 2.05) is 18.5 Å². The molecule has 0 atom stereocenters. The normalized spacial score (nSPS) is 18.3. The molecule has 0 radical (unpaired) electrons. The lowest BCUT2D eigenvalue weighted by molar-refractivity contribution is -0.166. The van der Waals surface area contributed by atoms with Gasteiger partial charge in [0.15, 0.2) is 0 Å². The van der Waals surface area contributed by atoms with Gasteiger partial charge < -0.3 is 9.84 Å². The van der Waals surface area contributed by atoms with Crippen molar-refractivity contribution < 1.29 is 14.6 Å². The van der Waals surface area contributed by atoms with Crippen molar-refractivity contribution in [2.45, 2.75) is 39.5 Å². The maximum absolute atomic E-state index is 10.5. The van der Waals surface area contributed by atoms with Crippen molar-refractivity contribution in [3.05, 3.63) is 17.5 Å². The van der Waals surface area contributed by atoms with Gasteiger partial charge in [-0.1, -0.05) is 0 Å². The summed E-state index contributed by atoms with van der Waals surface area (Å²) in [7, 11) is 0. The van der Waals surface area contributed by atoms with Crippen molar-refractivity contribution in [3.63, 3.8) is 0 Å². The first kappa shape index (κ1) is 14.0. The number of nitrogens with zero attached hydrogens (tertiary/aromatic N) is 3. The predicted molar refractivity (Wildman–Crippen MR) is 69.9 cm³/mol. The number of carboxylic acids is 1. The van der Waals surface area contributed by atoms with Gasteiger partial charge in [0.2, 0.25) is 0 Å². The standard InChI is InChI=1S/C13H21N3O3/c1-4-16-11(5-10(2)14-16)6-15-8-13(3,9-15)19-7-12(17)18/h5H,4,6-9H2,1-3H3,(H,17,18). The van der Waals surface area contributed by atoms with Gasteiger partial charge in [-0.15, -0.1) is 0 Å². The molecule has 6 nitrogen and oxygen atoms in total. The van der Waals surface area contributed by atoms with E-state index in [0.29, 0.717) is 0 Å². The number of ether oxygens (including phenoxy) is 1. The maximum atomic E-state index is 10.5. The van der Waals surface area contributed by atoms with Gasteiger partial charge in [0.25, 0.3) is 0 Å². The van der Waals surface area contributed by atoms with Gasteiger partial charge in [0.1, 0.15) is 6.61 Å². The second kappa shape index (κ2) is 5.30. The zero-order valence-electron chi connectivity index (χ0n) is 11.7. The highest BCUT2D eigenvalue weighted by Gasteiger charge is 2.40. The van der Waals surface area contributed by atoms with Crippen molar-refractivity contribution in [1.82, 2.24) is 14.7 Å². The van der Waals surface area contributed by atoms with Crippen LogP contribution >= 0.6 is 0 Å². The van der Waals surface area contributed by atoms with E-state index in [9.17, 15) is 4.79 Å². The summed E-state index contributed by atoms with van der Waals surface area (Å²) in [5.74, 6) is -0.917. The highest BCUT2D eigenvalue weighted by Crippen LogP contribution is 2.26. The summed E-state index contributed by atoms with van der Waals surface area (Å²) >= 11 is 0. The number of carbonyl (C=O) groups is 1. The molecular weight excluding hydrogens is 246 g/mol. The summed E-state index contributed by atoms with van der Waals surface area (Å²) in [4.78, 5) is 12.7. The fourth-order valence-electron chi connectivity index (χ4n) is 2.57. The smallest absolute Gasteiger partial charge is 0.329 e. The average molecular weight is 267 g/mol. The fourth-order valence-corrected chi connectivity index (χ4v) is 2.57. The summed E-state index contributed by atoms with van der Waals surface area (Å²) < 4.78 is 7.40. The first-order chi connectivity index (χ1) is 8.92. The van der Waals surface area contributed by atoms with E-state index in [0.717, 1.165) is 31.9 Å². The Morgan fingerprint density at radius 2 is 2.26 bits per heavy atom. The minimum absolute atomic E-state index is 0.226. The summed E-state index contributed by atoms with van der Waals surface area (Å²) in [5, 5.41) is 13.0. The van der Waals surface area contributed by atoms with E-state index in [2.05, 4.69) is 23.0 Å². The van der Waals surface area contributed by atoms with Gasteiger partial charge in [-0.05, 0) is 26.8 Å². The van der Waals surface area contributed by atoms with Gasteiger partial charge in [-0.3, -0.25) is 9.58 Å². The van der Waals surface area contributed by atoms with E-state index in [1.54, 1.807) is 0 Å². The van der Waals surface area contributed by atoms with E-state index < -0.39 is 5.97 Å². The molecule has 1 N–H and O–H groups in total. The number of aliphatic carboxylic acids is 1. The molecule has 1 fully saturated rings. The third-order valence-electron chi connectivity index (χ3n) is 3.33. The van der Waals surface area contributed by atoms with Gasteiger partial charge in [-0.25, -0.2) is 4.79 Å². The number of carboxylic acid groups (broad SMARTS) is 1. The van der Waals surface area contributed by atoms with Crippen LogP contribution in [0.1, 0.15) is 25.2 Å². The Labute approximate surface area is 113 Å². The molecule has 1 aliphatic heterocycles. The lowest BCUT2D eigenvalue weighted by atomic mass is 9.96. The van der Waals surface area contributed by atoms with E-state index in [4.69, 9.17) is 9.84 Å². The lowest BCUT2D eigenvalue weighted by Gasteiger charge is -2.47. The Kier molecular flexibility index (Phi) is 3.91. The monoisotopic (exact) mass is 267 g/mol. The van der Waals surface area contributed by atoms with Crippen LogP contribution in [-0.2, 0) is 22.6 Å². The highest BCUT2D eigenvalue weighted by molar-refractivity contribution is 5.68. The number of aromatic nitrogens is 2. The molecule has 0 unspecified atom stereocenters. The Bertz CT molecular complexity index is 464. The minimum atomic E-state index is -0.917. The molecule has 0 saturated carbocycles. The zero-order chi connectivity index (χ0) is 14.0. The van der Waals surface area contributed by atoms with Crippen LogP contribution in [0.2, 0.25) is 0 Å². The average Bonchev–Trinajstić information content (AvgIpc) is 2.65. The summed E-state index contributed by atoms with van der Waals surface area (Å²) in [5.41, 5.74) is 1.90. The quantitative estimate of drug-likeness (QED) is 0.829. The molecule has 0 aromatic carbocycles. The lowest BCUT2D eigenvalue weighted by Crippen LogP contribution is -2.61. The molecule has 0 bridgehead atoms. The first-order valence-corrected chi connectivity index (χ1v) is 6.53. The Hall–Kier alpha value is -1.40. The minimum Gasteiger partial charge on any atom is -0.480 e. The third-order valence-corrected chi connectivity index (χ3v) is 3.33. The van der Waals surface area contributed by atoms with Gasteiger partial charge in [0.05, 0.1) is 17.0 Å². The van der Waals surface area contributed by atoms with E-state index in [1.165, 1.54) is 5.69 Å². The number of rotatable bonds is 6. The molecule has 19 heavy (non-hydrogen) atoms. The zero-order valence-corrected chi connectivity index (χ0v) is 11.7. The van der Waals surface area contributed by atoms with Crippen LogP contribution < -0.4 is 0 Å². The first-order valence-electron chi connectivity index (χ1n) is 6.53. The van der Waals surface area contributed by atoms with Gasteiger partial charge >= 0.3 is 5.97 Å². The SMILES string of the molecule is CCn1nc(C)cc1CN1CC(C)(OCC(=O)O)C1. The molecule has 2 heterocycles. The summed E-state index contributed by atoms with van der Waals surface area (Å²) in [6, 6.07) is 2.09.